The van der Waals surface area contributed by atoms with Crippen molar-refractivity contribution in [1.29, 1.82) is 0 Å². The Morgan fingerprint density at radius 1 is 1.29 bits per heavy atom. The fourth-order valence-corrected chi connectivity index (χ4v) is 3.48. The van der Waals surface area contributed by atoms with Crippen LogP contribution in [0, 0.1) is 5.92 Å². The molecule has 0 amide bonds. The zero-order valence-corrected chi connectivity index (χ0v) is 12.3. The lowest BCUT2D eigenvalue weighted by Gasteiger charge is -2.26. The third-order valence-corrected chi connectivity index (χ3v) is 5.37. The Bertz CT molecular complexity index is 323. The van der Waals surface area contributed by atoms with Gasteiger partial charge in [-0.1, -0.05) is 20.8 Å². The molecule has 0 saturated heterocycles. The molecule has 5 heteroatoms. The van der Waals surface area contributed by atoms with Crippen molar-refractivity contribution < 1.29 is 8.42 Å². The maximum Gasteiger partial charge on any atom is 0.217 e. The highest BCUT2D eigenvalue weighted by Gasteiger charge is 2.30. The normalized spacial score (nSPS) is 18.9. The average Bonchev–Trinajstić information content (AvgIpc) is 3.05. The highest BCUT2D eigenvalue weighted by molar-refractivity contribution is 7.89. The van der Waals surface area contributed by atoms with E-state index < -0.39 is 10.0 Å². The maximum absolute atomic E-state index is 12.3. The van der Waals surface area contributed by atoms with Gasteiger partial charge in [-0.2, -0.15) is 0 Å². The highest BCUT2D eigenvalue weighted by Crippen LogP contribution is 2.19. The summed E-state index contributed by atoms with van der Waals surface area (Å²) in [5, 5.41) is 2.96. The molecule has 1 atom stereocenters. The fourth-order valence-electron chi connectivity index (χ4n) is 1.80. The molecule has 1 fully saturated rings. The first kappa shape index (κ1) is 14.9. The molecular formula is C12H26N2O2S. The standard InChI is InChI=1S/C12H26N2O2S/c1-5-14(9-10(2)3)17(15,16)11(4)8-13-12-6-7-12/h10-13H,5-9H2,1-4H3. The van der Waals surface area contributed by atoms with Crippen molar-refractivity contribution in [2.24, 2.45) is 5.92 Å². The van der Waals surface area contributed by atoms with E-state index in [1.165, 1.54) is 12.8 Å². The number of rotatable bonds is 8. The van der Waals surface area contributed by atoms with Crippen LogP contribution in [-0.4, -0.2) is 43.6 Å². The number of nitrogens with one attached hydrogen (secondary N) is 1. The molecule has 102 valence electrons. The summed E-state index contributed by atoms with van der Waals surface area (Å²) >= 11 is 0. The molecule has 17 heavy (non-hydrogen) atoms. The molecule has 0 aromatic heterocycles. The molecule has 1 saturated carbocycles. The van der Waals surface area contributed by atoms with Crippen LogP contribution in [0.15, 0.2) is 0 Å². The van der Waals surface area contributed by atoms with Crippen molar-refractivity contribution in [1.82, 2.24) is 9.62 Å². The van der Waals surface area contributed by atoms with Crippen molar-refractivity contribution in [2.75, 3.05) is 19.6 Å². The van der Waals surface area contributed by atoms with Crippen LogP contribution in [0.5, 0.6) is 0 Å². The summed E-state index contributed by atoms with van der Waals surface area (Å²) in [5.74, 6) is 0.369. The van der Waals surface area contributed by atoms with Crippen LogP contribution in [0.1, 0.15) is 40.5 Å². The van der Waals surface area contributed by atoms with Crippen molar-refractivity contribution in [3.05, 3.63) is 0 Å². The SMILES string of the molecule is CCN(CC(C)C)S(=O)(=O)C(C)CNC1CC1. The van der Waals surface area contributed by atoms with Crippen LogP contribution >= 0.6 is 0 Å². The van der Waals surface area contributed by atoms with Gasteiger partial charge in [-0.3, -0.25) is 0 Å². The number of sulfonamides is 1. The maximum atomic E-state index is 12.3. The Hall–Kier alpha value is -0.130. The molecule has 1 N–H and O–H groups in total. The monoisotopic (exact) mass is 262 g/mol. The Balaban J connectivity index is 2.55. The smallest absolute Gasteiger partial charge is 0.217 e. The van der Waals surface area contributed by atoms with Gasteiger partial charge in [-0.25, -0.2) is 12.7 Å². The van der Waals surface area contributed by atoms with Gasteiger partial charge in [-0.15, -0.1) is 0 Å². The molecule has 0 spiro atoms. The van der Waals surface area contributed by atoms with Gasteiger partial charge in [0.25, 0.3) is 0 Å². The zero-order valence-electron chi connectivity index (χ0n) is 11.4. The molecule has 1 aliphatic rings. The summed E-state index contributed by atoms with van der Waals surface area (Å²) in [6.07, 6.45) is 2.38. The lowest BCUT2D eigenvalue weighted by atomic mass is 10.2. The van der Waals surface area contributed by atoms with Crippen LogP contribution < -0.4 is 5.32 Å². The molecular weight excluding hydrogens is 236 g/mol. The first-order valence-corrected chi connectivity index (χ1v) is 8.10. The Labute approximate surface area is 106 Å². The molecule has 0 aromatic rings. The van der Waals surface area contributed by atoms with Crippen LogP contribution in [-0.2, 0) is 10.0 Å². The van der Waals surface area contributed by atoms with E-state index in [1.807, 2.05) is 20.8 Å². The summed E-state index contributed by atoms with van der Waals surface area (Å²) in [6, 6.07) is 0.563. The predicted molar refractivity (Wildman–Crippen MR) is 71.5 cm³/mol. The second-order valence-corrected chi connectivity index (χ2v) is 7.73. The molecule has 0 aromatic carbocycles. The van der Waals surface area contributed by atoms with Gasteiger partial charge in [0.05, 0.1) is 5.25 Å². The Morgan fingerprint density at radius 2 is 1.88 bits per heavy atom. The predicted octanol–water partition coefficient (Wildman–Crippen LogP) is 1.43. The van der Waals surface area contributed by atoms with Crippen molar-refractivity contribution in [3.8, 4) is 0 Å². The molecule has 1 unspecified atom stereocenters. The van der Waals surface area contributed by atoms with Crippen molar-refractivity contribution in [3.63, 3.8) is 0 Å². The Morgan fingerprint density at radius 3 is 2.29 bits per heavy atom. The minimum atomic E-state index is -3.14. The first-order valence-electron chi connectivity index (χ1n) is 6.60. The van der Waals surface area contributed by atoms with E-state index in [0.717, 1.165) is 0 Å². The Kier molecular flexibility index (Phi) is 5.41. The molecule has 0 radical (unpaired) electrons. The van der Waals surface area contributed by atoms with Crippen LogP contribution in [0.25, 0.3) is 0 Å². The first-order chi connectivity index (χ1) is 7.87. The molecule has 1 rings (SSSR count). The van der Waals surface area contributed by atoms with Crippen LogP contribution in [0.4, 0.5) is 0 Å². The van der Waals surface area contributed by atoms with E-state index in [2.05, 4.69) is 5.32 Å². The summed E-state index contributed by atoms with van der Waals surface area (Å²) in [5.41, 5.74) is 0. The van der Waals surface area contributed by atoms with Gasteiger partial charge in [-0.05, 0) is 25.7 Å². The number of hydrogen-bond acceptors (Lipinski definition) is 3. The molecule has 0 aliphatic heterocycles. The summed E-state index contributed by atoms with van der Waals surface area (Å²) < 4.78 is 26.2. The molecule has 0 heterocycles. The van der Waals surface area contributed by atoms with E-state index in [4.69, 9.17) is 0 Å². The average molecular weight is 262 g/mol. The highest BCUT2D eigenvalue weighted by atomic mass is 32.2. The van der Waals surface area contributed by atoms with E-state index in [0.29, 0.717) is 31.6 Å². The molecule has 0 bridgehead atoms. The van der Waals surface area contributed by atoms with Gasteiger partial charge in [0.15, 0.2) is 0 Å². The van der Waals surface area contributed by atoms with Crippen LogP contribution in [0.3, 0.4) is 0 Å². The summed E-state index contributed by atoms with van der Waals surface area (Å²) in [6.45, 7) is 9.55. The van der Waals surface area contributed by atoms with Gasteiger partial charge in [0.1, 0.15) is 0 Å². The van der Waals surface area contributed by atoms with Crippen LogP contribution in [0.2, 0.25) is 0 Å². The van der Waals surface area contributed by atoms with E-state index in [1.54, 1.807) is 11.2 Å². The zero-order chi connectivity index (χ0) is 13.1. The molecule has 1 aliphatic carbocycles. The summed E-state index contributed by atoms with van der Waals surface area (Å²) in [4.78, 5) is 0. The molecule has 4 nitrogen and oxygen atoms in total. The van der Waals surface area contributed by atoms with Crippen molar-refractivity contribution in [2.45, 2.75) is 51.8 Å². The van der Waals surface area contributed by atoms with Crippen molar-refractivity contribution >= 4 is 10.0 Å². The topological polar surface area (TPSA) is 49.4 Å². The second kappa shape index (κ2) is 6.16. The minimum absolute atomic E-state index is 0.332. The fraction of sp³-hybridized carbons (Fsp3) is 1.00. The largest absolute Gasteiger partial charge is 0.313 e. The third-order valence-electron chi connectivity index (χ3n) is 3.06. The summed E-state index contributed by atoms with van der Waals surface area (Å²) in [7, 11) is -3.14. The van der Waals surface area contributed by atoms with Gasteiger partial charge in [0.2, 0.25) is 10.0 Å². The third kappa shape index (κ3) is 4.56. The lowest BCUT2D eigenvalue weighted by Crippen LogP contribution is -2.43. The quantitative estimate of drug-likeness (QED) is 0.720. The van der Waals surface area contributed by atoms with E-state index >= 15 is 0 Å². The van der Waals surface area contributed by atoms with E-state index in [-0.39, 0.29) is 5.25 Å². The van der Waals surface area contributed by atoms with Gasteiger partial charge < -0.3 is 5.32 Å². The van der Waals surface area contributed by atoms with Gasteiger partial charge in [0, 0.05) is 25.7 Å². The minimum Gasteiger partial charge on any atom is -0.313 e. The lowest BCUT2D eigenvalue weighted by molar-refractivity contribution is 0.375. The number of hydrogen-bond donors (Lipinski definition) is 1. The number of nitrogens with zero attached hydrogens (tertiary/aromatic N) is 1. The second-order valence-electron chi connectivity index (χ2n) is 5.38. The van der Waals surface area contributed by atoms with E-state index in [9.17, 15) is 8.42 Å². The van der Waals surface area contributed by atoms with Gasteiger partial charge >= 0.3 is 0 Å².